The molecule has 1 saturated heterocycles. The molecule has 0 bridgehead atoms. The van der Waals surface area contributed by atoms with Crippen molar-refractivity contribution in [1.29, 1.82) is 0 Å². The molecule has 1 radical (unpaired) electrons. The first kappa shape index (κ1) is 20.5. The molecule has 4 atom stereocenters. The Labute approximate surface area is 161 Å². The van der Waals surface area contributed by atoms with Gasteiger partial charge in [-0.15, -0.1) is 0 Å². The van der Waals surface area contributed by atoms with E-state index in [2.05, 4.69) is 19.5 Å². The molecule has 0 aliphatic carbocycles. The van der Waals surface area contributed by atoms with Gasteiger partial charge in [-0.25, -0.2) is 9.55 Å². The van der Waals surface area contributed by atoms with Gasteiger partial charge in [0.1, 0.15) is 18.3 Å². The number of imidazole rings is 1. The number of rotatable bonds is 4. The van der Waals surface area contributed by atoms with Crippen LogP contribution in [0.1, 0.15) is 6.23 Å². The van der Waals surface area contributed by atoms with Gasteiger partial charge in [0.25, 0.3) is 5.56 Å². The van der Waals surface area contributed by atoms with E-state index in [-0.39, 0.29) is 46.7 Å². The first-order valence-corrected chi connectivity index (χ1v) is 8.15. The summed E-state index contributed by atoms with van der Waals surface area (Å²) in [7, 11) is -4.98. The van der Waals surface area contributed by atoms with Gasteiger partial charge in [-0.3, -0.25) is 18.9 Å². The number of aliphatic hydroxyl groups excluding tert-OH is 2. The summed E-state index contributed by atoms with van der Waals surface area (Å²) in [6.07, 6.45) is -4.42. The number of anilines is 1. The van der Waals surface area contributed by atoms with Gasteiger partial charge < -0.3 is 30.5 Å². The molecule has 3 heterocycles. The van der Waals surface area contributed by atoms with Crippen molar-refractivity contribution in [2.75, 3.05) is 12.3 Å². The third-order valence-corrected chi connectivity index (χ3v) is 3.99. The number of nitrogens with two attached hydrogens (primary N) is 1. The number of nitrogens with zero attached hydrogens (tertiary/aromatic N) is 3. The van der Waals surface area contributed by atoms with Crippen LogP contribution < -0.4 is 11.3 Å². The SMILES string of the molecule is Nc1nc2c(ncn2[C@@H]2O[C@H](CO)[C@@H](O)[C@H]2OP(=O)(O)O)c(=O)[nH]1.[Na]. The summed E-state index contributed by atoms with van der Waals surface area (Å²) in [6, 6.07) is 0. The van der Waals surface area contributed by atoms with Crippen LogP contribution in [0.15, 0.2) is 11.1 Å². The topological polar surface area (TPSA) is 206 Å². The van der Waals surface area contributed by atoms with Crippen LogP contribution >= 0.6 is 7.82 Å². The van der Waals surface area contributed by atoms with Crippen LogP contribution in [0.3, 0.4) is 0 Å². The summed E-state index contributed by atoms with van der Waals surface area (Å²) in [5.74, 6) is -0.209. The van der Waals surface area contributed by atoms with E-state index >= 15 is 0 Å². The van der Waals surface area contributed by atoms with Crippen molar-refractivity contribution in [2.45, 2.75) is 24.5 Å². The predicted molar refractivity (Wildman–Crippen MR) is 82.2 cm³/mol. The molecular weight excluding hydrogens is 372 g/mol. The summed E-state index contributed by atoms with van der Waals surface area (Å²) < 4.78 is 22.2. The summed E-state index contributed by atoms with van der Waals surface area (Å²) in [4.78, 5) is 39.8. The Hall–Kier alpha value is -0.860. The fourth-order valence-electron chi connectivity index (χ4n) is 2.49. The molecule has 0 spiro atoms. The van der Waals surface area contributed by atoms with Crippen LogP contribution in [0, 0.1) is 0 Å². The monoisotopic (exact) mass is 386 g/mol. The summed E-state index contributed by atoms with van der Waals surface area (Å²) in [5.41, 5.74) is 4.72. The van der Waals surface area contributed by atoms with Crippen molar-refractivity contribution >= 4 is 54.5 Å². The zero-order valence-electron chi connectivity index (χ0n) is 12.9. The molecule has 13 nitrogen and oxygen atoms in total. The number of nitrogen functional groups attached to an aromatic ring is 1. The Kier molecular flexibility index (Phi) is 6.06. The number of hydrogen-bond acceptors (Lipinski definition) is 9. The fraction of sp³-hybridized carbons (Fsp3) is 0.500. The maximum Gasteiger partial charge on any atom is 0.470 e. The van der Waals surface area contributed by atoms with Crippen LogP contribution in [0.4, 0.5) is 5.95 Å². The molecule has 1 fully saturated rings. The third kappa shape index (κ3) is 3.95. The maximum atomic E-state index is 11.8. The minimum atomic E-state index is -4.98. The molecule has 0 aromatic carbocycles. The molecule has 15 heteroatoms. The quantitative estimate of drug-likeness (QED) is 0.231. The smallest absolute Gasteiger partial charge is 0.394 e. The van der Waals surface area contributed by atoms with Gasteiger partial charge in [-0.2, -0.15) is 4.98 Å². The van der Waals surface area contributed by atoms with Gasteiger partial charge >= 0.3 is 7.82 Å². The first-order valence-electron chi connectivity index (χ1n) is 6.62. The van der Waals surface area contributed by atoms with Crippen molar-refractivity contribution < 1.29 is 33.8 Å². The minimum absolute atomic E-state index is 0. The van der Waals surface area contributed by atoms with Gasteiger partial charge in [0.2, 0.25) is 5.95 Å². The van der Waals surface area contributed by atoms with Crippen LogP contribution in [-0.4, -0.2) is 94.0 Å². The van der Waals surface area contributed by atoms with E-state index in [0.717, 1.165) is 10.9 Å². The Morgan fingerprint density at radius 1 is 1.48 bits per heavy atom. The van der Waals surface area contributed by atoms with E-state index in [0.29, 0.717) is 0 Å². The standard InChI is InChI=1S/C10H14N5O8P.Na/c11-10-13-7-4(8(18)14-10)12-2-15(7)9-6(23-24(19,20)21)5(17)3(1-16)22-9;/h2-3,5-6,9,16-17H,1H2,(H2,19,20,21)(H3,11,13,14,18);/t3-,5-,6-,9-;/m1./s1. The van der Waals surface area contributed by atoms with Gasteiger partial charge in [0, 0.05) is 29.6 Å². The number of hydrogen-bond donors (Lipinski definition) is 6. The molecule has 133 valence electrons. The number of aromatic nitrogens is 4. The van der Waals surface area contributed by atoms with Crippen LogP contribution in [0.25, 0.3) is 11.2 Å². The molecule has 1 aliphatic heterocycles. The van der Waals surface area contributed by atoms with Crippen LogP contribution in [0.5, 0.6) is 0 Å². The van der Waals surface area contributed by atoms with Gasteiger partial charge in [-0.05, 0) is 0 Å². The van der Waals surface area contributed by atoms with Crippen LogP contribution in [-0.2, 0) is 13.8 Å². The first-order chi connectivity index (χ1) is 11.2. The van der Waals surface area contributed by atoms with Crippen LogP contribution in [0.2, 0.25) is 0 Å². The minimum Gasteiger partial charge on any atom is -0.394 e. The van der Waals surface area contributed by atoms with Crippen molar-refractivity contribution in [2.24, 2.45) is 0 Å². The number of fused-ring (bicyclic) bond motifs is 1. The van der Waals surface area contributed by atoms with E-state index in [1.54, 1.807) is 0 Å². The Bertz CT molecular complexity index is 867. The van der Waals surface area contributed by atoms with Gasteiger partial charge in [-0.1, -0.05) is 0 Å². The number of nitrogens with one attached hydrogen (secondary N) is 1. The summed E-state index contributed by atoms with van der Waals surface area (Å²) >= 11 is 0. The maximum absolute atomic E-state index is 11.8. The predicted octanol–water partition coefficient (Wildman–Crippen LogP) is -2.95. The Balaban J connectivity index is 0.00000225. The van der Waals surface area contributed by atoms with E-state index in [9.17, 15) is 19.6 Å². The van der Waals surface area contributed by atoms with E-state index in [4.69, 9.17) is 20.3 Å². The van der Waals surface area contributed by atoms with Crippen molar-refractivity contribution in [3.05, 3.63) is 16.7 Å². The molecule has 3 rings (SSSR count). The van der Waals surface area contributed by atoms with E-state index in [1.165, 1.54) is 0 Å². The number of aliphatic hydroxyl groups is 2. The fourth-order valence-corrected chi connectivity index (χ4v) is 3.04. The third-order valence-electron chi connectivity index (χ3n) is 3.48. The molecule has 2 aromatic rings. The molecule has 1 aliphatic rings. The number of aromatic amines is 1. The van der Waals surface area contributed by atoms with Crippen molar-refractivity contribution in [1.82, 2.24) is 19.5 Å². The summed E-state index contributed by atoms with van der Waals surface area (Å²) in [5, 5.41) is 19.3. The number of H-pyrrole nitrogens is 1. The Morgan fingerprint density at radius 3 is 2.76 bits per heavy atom. The van der Waals surface area contributed by atoms with Gasteiger partial charge in [0.05, 0.1) is 12.9 Å². The zero-order chi connectivity index (χ0) is 17.6. The number of phosphoric ester groups is 1. The van der Waals surface area contributed by atoms with Gasteiger partial charge in [0.15, 0.2) is 17.4 Å². The van der Waals surface area contributed by atoms with E-state index < -0.39 is 44.5 Å². The molecule has 0 unspecified atom stereocenters. The molecule has 0 amide bonds. The molecule has 2 aromatic heterocycles. The largest absolute Gasteiger partial charge is 0.470 e. The molecule has 0 saturated carbocycles. The Morgan fingerprint density at radius 2 is 2.16 bits per heavy atom. The van der Waals surface area contributed by atoms with Crippen molar-refractivity contribution in [3.63, 3.8) is 0 Å². The molecule has 25 heavy (non-hydrogen) atoms. The second kappa shape index (κ2) is 7.40. The van der Waals surface area contributed by atoms with E-state index in [1.807, 2.05) is 0 Å². The average Bonchev–Trinajstić information content (AvgIpc) is 3.00. The normalized spacial score (nSPS) is 26.7. The van der Waals surface area contributed by atoms with Crippen molar-refractivity contribution in [3.8, 4) is 0 Å². The second-order valence-corrected chi connectivity index (χ2v) is 6.27. The molecular formula is C10H14N5NaO8P. The average molecular weight is 386 g/mol. The number of ether oxygens (including phenoxy) is 1. The second-order valence-electron chi connectivity index (χ2n) is 5.07. The number of phosphoric acid groups is 1. The zero-order valence-corrected chi connectivity index (χ0v) is 15.8. The summed E-state index contributed by atoms with van der Waals surface area (Å²) in [6.45, 7) is -0.624. The molecule has 7 N–H and O–H groups in total.